The molecular formula is C14H18N2S. The highest BCUT2D eigenvalue weighted by atomic mass is 32.2. The first-order valence-electron chi connectivity index (χ1n) is 6.00. The Morgan fingerprint density at radius 1 is 1.41 bits per heavy atom. The van der Waals surface area contributed by atoms with E-state index in [2.05, 4.69) is 29.8 Å². The van der Waals surface area contributed by atoms with Crippen molar-refractivity contribution in [1.29, 1.82) is 0 Å². The molecule has 17 heavy (non-hydrogen) atoms. The van der Waals surface area contributed by atoms with Crippen LogP contribution in [-0.2, 0) is 0 Å². The summed E-state index contributed by atoms with van der Waals surface area (Å²) in [5.41, 5.74) is 1.00. The minimum Gasteiger partial charge on any atom is -0.363 e. The summed E-state index contributed by atoms with van der Waals surface area (Å²) in [4.78, 5) is 6.84. The summed E-state index contributed by atoms with van der Waals surface area (Å²) in [7, 11) is 0. The molecule has 0 bridgehead atoms. The first-order chi connectivity index (χ1) is 8.31. The molecule has 0 aliphatic carbocycles. The van der Waals surface area contributed by atoms with Crippen LogP contribution in [0.25, 0.3) is 0 Å². The summed E-state index contributed by atoms with van der Waals surface area (Å²) in [6.07, 6.45) is 4.02. The van der Waals surface area contributed by atoms with Crippen molar-refractivity contribution in [3.05, 3.63) is 41.4 Å². The van der Waals surface area contributed by atoms with E-state index in [1.54, 1.807) is 0 Å². The van der Waals surface area contributed by atoms with Crippen LogP contribution in [0.4, 0.5) is 5.69 Å². The van der Waals surface area contributed by atoms with Gasteiger partial charge in [-0.15, -0.1) is 11.8 Å². The van der Waals surface area contributed by atoms with Crippen molar-refractivity contribution in [2.45, 2.75) is 19.9 Å². The van der Waals surface area contributed by atoms with Crippen LogP contribution < -0.4 is 0 Å². The molecule has 0 radical (unpaired) electrons. The minimum atomic E-state index is 0.640. The maximum absolute atomic E-state index is 4.42. The molecule has 3 heteroatoms. The van der Waals surface area contributed by atoms with Gasteiger partial charge in [0.2, 0.25) is 0 Å². The lowest BCUT2D eigenvalue weighted by atomic mass is 10.3. The number of allylic oxidation sites excluding steroid dienone is 1. The van der Waals surface area contributed by atoms with Gasteiger partial charge in [-0.25, -0.2) is 0 Å². The number of aliphatic imine (C=N–C) groups is 1. The number of hydrogen-bond acceptors (Lipinski definition) is 3. The molecule has 2 rings (SSSR count). The van der Waals surface area contributed by atoms with Crippen LogP contribution in [0.5, 0.6) is 0 Å². The van der Waals surface area contributed by atoms with E-state index in [1.165, 1.54) is 10.8 Å². The van der Waals surface area contributed by atoms with Gasteiger partial charge in [0.25, 0.3) is 0 Å². The van der Waals surface area contributed by atoms with Gasteiger partial charge >= 0.3 is 0 Å². The molecule has 1 aliphatic heterocycles. The van der Waals surface area contributed by atoms with Crippen LogP contribution in [0.3, 0.4) is 0 Å². The highest BCUT2D eigenvalue weighted by Gasteiger charge is 2.22. The lowest BCUT2D eigenvalue weighted by Gasteiger charge is -2.21. The van der Waals surface area contributed by atoms with E-state index in [9.17, 15) is 0 Å². The summed E-state index contributed by atoms with van der Waals surface area (Å²) in [6.45, 7) is 5.54. The van der Waals surface area contributed by atoms with Crippen LogP contribution in [0.1, 0.15) is 13.8 Å². The third-order valence-corrected chi connectivity index (χ3v) is 4.14. The Hall–Kier alpha value is -1.22. The van der Waals surface area contributed by atoms with Gasteiger partial charge in [0, 0.05) is 24.6 Å². The largest absolute Gasteiger partial charge is 0.363 e. The minimum absolute atomic E-state index is 0.640. The SMILES string of the molecule is CCN1/C(=C\C=Nc2ccccc2)SC[C@@H]1C. The number of nitrogens with zero attached hydrogens (tertiary/aromatic N) is 2. The molecule has 1 saturated heterocycles. The second-order valence-corrected chi connectivity index (χ2v) is 5.10. The molecule has 1 aromatic rings. The first-order valence-corrected chi connectivity index (χ1v) is 6.98. The van der Waals surface area contributed by atoms with Crippen molar-refractivity contribution in [3.8, 4) is 0 Å². The van der Waals surface area contributed by atoms with Crippen LogP contribution in [0, 0.1) is 0 Å². The van der Waals surface area contributed by atoms with Crippen LogP contribution in [0.15, 0.2) is 46.4 Å². The van der Waals surface area contributed by atoms with Gasteiger partial charge in [0.1, 0.15) is 0 Å². The zero-order valence-corrected chi connectivity index (χ0v) is 11.2. The highest BCUT2D eigenvalue weighted by molar-refractivity contribution is 8.03. The van der Waals surface area contributed by atoms with Crippen molar-refractivity contribution in [2.24, 2.45) is 4.99 Å². The van der Waals surface area contributed by atoms with Gasteiger partial charge in [-0.05, 0) is 32.1 Å². The summed E-state index contributed by atoms with van der Waals surface area (Å²) in [6, 6.07) is 10.7. The third kappa shape index (κ3) is 3.13. The van der Waals surface area contributed by atoms with E-state index in [0.717, 1.165) is 12.2 Å². The Bertz CT molecular complexity index is 411. The highest BCUT2D eigenvalue weighted by Crippen LogP contribution is 2.31. The quantitative estimate of drug-likeness (QED) is 0.756. The fourth-order valence-corrected chi connectivity index (χ4v) is 3.13. The lowest BCUT2D eigenvalue weighted by molar-refractivity contribution is 0.337. The van der Waals surface area contributed by atoms with Crippen molar-refractivity contribution < 1.29 is 0 Å². The summed E-state index contributed by atoms with van der Waals surface area (Å²) in [5.74, 6) is 1.18. The Labute approximate surface area is 107 Å². The second-order valence-electron chi connectivity index (χ2n) is 4.06. The zero-order valence-electron chi connectivity index (χ0n) is 10.3. The number of thioether (sulfide) groups is 1. The van der Waals surface area contributed by atoms with Crippen LogP contribution in [-0.4, -0.2) is 29.5 Å². The maximum atomic E-state index is 4.42. The van der Waals surface area contributed by atoms with Crippen molar-refractivity contribution in [2.75, 3.05) is 12.3 Å². The van der Waals surface area contributed by atoms with Gasteiger partial charge < -0.3 is 4.90 Å². The fourth-order valence-electron chi connectivity index (χ4n) is 1.91. The topological polar surface area (TPSA) is 15.6 Å². The van der Waals surface area contributed by atoms with E-state index in [4.69, 9.17) is 0 Å². The monoisotopic (exact) mass is 246 g/mol. The molecule has 0 N–H and O–H groups in total. The summed E-state index contributed by atoms with van der Waals surface area (Å²) >= 11 is 1.91. The molecule has 0 saturated carbocycles. The van der Waals surface area contributed by atoms with Gasteiger partial charge in [-0.3, -0.25) is 4.99 Å². The third-order valence-electron chi connectivity index (χ3n) is 2.83. The molecule has 1 heterocycles. The summed E-state index contributed by atoms with van der Waals surface area (Å²) < 4.78 is 0. The molecule has 1 atom stereocenters. The van der Waals surface area contributed by atoms with Gasteiger partial charge in [-0.1, -0.05) is 18.2 Å². The molecule has 0 unspecified atom stereocenters. The van der Waals surface area contributed by atoms with Crippen molar-refractivity contribution in [3.63, 3.8) is 0 Å². The van der Waals surface area contributed by atoms with E-state index >= 15 is 0 Å². The number of benzene rings is 1. The Morgan fingerprint density at radius 2 is 2.18 bits per heavy atom. The maximum Gasteiger partial charge on any atom is 0.0726 e. The predicted molar refractivity (Wildman–Crippen MR) is 77.0 cm³/mol. The van der Waals surface area contributed by atoms with E-state index in [1.807, 2.05) is 48.3 Å². The van der Waals surface area contributed by atoms with Gasteiger partial charge in [0.05, 0.1) is 10.7 Å². The Morgan fingerprint density at radius 3 is 2.88 bits per heavy atom. The van der Waals surface area contributed by atoms with E-state index < -0.39 is 0 Å². The fraction of sp³-hybridized carbons (Fsp3) is 0.357. The van der Waals surface area contributed by atoms with Gasteiger partial charge in [0.15, 0.2) is 0 Å². The Balaban J connectivity index is 2.03. The van der Waals surface area contributed by atoms with E-state index in [-0.39, 0.29) is 0 Å². The average Bonchev–Trinajstić information content (AvgIpc) is 2.71. The smallest absolute Gasteiger partial charge is 0.0726 e. The first kappa shape index (κ1) is 12.2. The normalized spacial score (nSPS) is 22.8. The van der Waals surface area contributed by atoms with Crippen molar-refractivity contribution in [1.82, 2.24) is 4.90 Å². The average molecular weight is 246 g/mol. The van der Waals surface area contributed by atoms with Crippen LogP contribution in [0.2, 0.25) is 0 Å². The number of hydrogen-bond donors (Lipinski definition) is 0. The Kier molecular flexibility index (Phi) is 4.26. The molecule has 1 fully saturated rings. The molecule has 0 amide bonds. The number of rotatable bonds is 3. The molecule has 0 aromatic heterocycles. The predicted octanol–water partition coefficient (Wildman–Crippen LogP) is 3.69. The zero-order chi connectivity index (χ0) is 12.1. The lowest BCUT2D eigenvalue weighted by Crippen LogP contribution is -2.26. The molecule has 2 nitrogen and oxygen atoms in total. The van der Waals surface area contributed by atoms with Crippen molar-refractivity contribution >= 4 is 23.7 Å². The van der Waals surface area contributed by atoms with Crippen LogP contribution >= 0.6 is 11.8 Å². The second kappa shape index (κ2) is 5.92. The number of para-hydroxylation sites is 1. The molecule has 1 aliphatic rings. The molecule has 90 valence electrons. The van der Waals surface area contributed by atoms with Gasteiger partial charge in [-0.2, -0.15) is 0 Å². The standard InChI is InChI=1S/C14H18N2S/c1-3-16-12(2)11-17-14(16)9-10-15-13-7-5-4-6-8-13/h4-10,12H,3,11H2,1-2H3/b14-9+,15-10?/t12-/m0/s1. The molecule has 1 aromatic carbocycles. The summed E-state index contributed by atoms with van der Waals surface area (Å²) in [5, 5.41) is 1.33. The molecule has 0 spiro atoms. The molecular weight excluding hydrogens is 228 g/mol. The van der Waals surface area contributed by atoms with E-state index in [0.29, 0.717) is 6.04 Å².